The molecule has 0 aliphatic heterocycles. The van der Waals surface area contributed by atoms with Gasteiger partial charge in [0.25, 0.3) is 6.43 Å². The molecule has 6 heteroatoms. The molecule has 1 rings (SSSR count). The second-order valence-electron chi connectivity index (χ2n) is 3.77. The van der Waals surface area contributed by atoms with Gasteiger partial charge in [0, 0.05) is 17.8 Å². The number of carbonyl (C=O) groups excluding carboxylic acids is 1. The number of aryl methyl sites for hydroxylation is 1. The van der Waals surface area contributed by atoms with Gasteiger partial charge in [0.1, 0.15) is 0 Å². The summed E-state index contributed by atoms with van der Waals surface area (Å²) in [5.41, 5.74) is 6.10. The van der Waals surface area contributed by atoms with Crippen LogP contribution in [0.1, 0.15) is 35.9 Å². The quantitative estimate of drug-likeness (QED) is 0.819. The Morgan fingerprint density at radius 1 is 1.56 bits per heavy atom. The van der Waals surface area contributed by atoms with Gasteiger partial charge < -0.3 is 10.5 Å². The molecule has 0 aromatic carbocycles. The molecule has 0 spiro atoms. The maximum Gasteiger partial charge on any atom is 0.311 e. The highest BCUT2D eigenvalue weighted by molar-refractivity contribution is 5.72. The van der Waals surface area contributed by atoms with Gasteiger partial charge in [0.05, 0.1) is 18.7 Å². The highest BCUT2D eigenvalue weighted by Crippen LogP contribution is 2.27. The number of rotatable bonds is 5. The molecule has 1 heterocycles. The maximum atomic E-state index is 13.0. The van der Waals surface area contributed by atoms with E-state index >= 15 is 0 Å². The molecule has 0 saturated carbocycles. The summed E-state index contributed by atoms with van der Waals surface area (Å²) in [7, 11) is 0. The van der Waals surface area contributed by atoms with Crippen molar-refractivity contribution in [3.8, 4) is 0 Å². The molecule has 0 aliphatic rings. The van der Waals surface area contributed by atoms with E-state index in [-0.39, 0.29) is 30.8 Å². The van der Waals surface area contributed by atoms with E-state index in [1.54, 1.807) is 13.8 Å². The van der Waals surface area contributed by atoms with E-state index in [0.717, 1.165) is 0 Å². The van der Waals surface area contributed by atoms with Crippen molar-refractivity contribution < 1.29 is 18.3 Å². The van der Waals surface area contributed by atoms with Crippen LogP contribution >= 0.6 is 0 Å². The highest BCUT2D eigenvalue weighted by Gasteiger charge is 2.21. The summed E-state index contributed by atoms with van der Waals surface area (Å²) >= 11 is 0. The minimum Gasteiger partial charge on any atom is -0.466 e. The van der Waals surface area contributed by atoms with Crippen molar-refractivity contribution in [3.63, 3.8) is 0 Å². The van der Waals surface area contributed by atoms with Crippen LogP contribution in [0.15, 0.2) is 6.07 Å². The third-order valence-electron chi connectivity index (χ3n) is 2.41. The molecule has 0 amide bonds. The topological polar surface area (TPSA) is 65.2 Å². The highest BCUT2D eigenvalue weighted by atomic mass is 19.3. The number of nitrogens with zero attached hydrogens (tertiary/aromatic N) is 1. The van der Waals surface area contributed by atoms with E-state index in [2.05, 4.69) is 4.98 Å². The maximum absolute atomic E-state index is 13.0. The average molecular weight is 258 g/mol. The average Bonchev–Trinajstić information content (AvgIpc) is 2.27. The molecule has 0 bridgehead atoms. The first-order valence-corrected chi connectivity index (χ1v) is 5.62. The predicted molar refractivity (Wildman–Crippen MR) is 62.2 cm³/mol. The number of halogens is 2. The summed E-state index contributed by atoms with van der Waals surface area (Å²) in [4.78, 5) is 15.3. The Morgan fingerprint density at radius 2 is 2.22 bits per heavy atom. The van der Waals surface area contributed by atoms with Gasteiger partial charge in [-0.05, 0) is 25.5 Å². The summed E-state index contributed by atoms with van der Waals surface area (Å²) in [5, 5.41) is 0. The Balaban J connectivity index is 3.15. The van der Waals surface area contributed by atoms with Crippen LogP contribution in [-0.2, 0) is 22.5 Å². The van der Waals surface area contributed by atoms with Gasteiger partial charge in [0.15, 0.2) is 0 Å². The SMILES string of the molecule is CCOC(=O)Cc1nc(C)cc(CN)c1C(F)F. The lowest BCUT2D eigenvalue weighted by Crippen LogP contribution is -2.14. The molecule has 4 nitrogen and oxygen atoms in total. The monoisotopic (exact) mass is 258 g/mol. The number of pyridine rings is 1. The first kappa shape index (κ1) is 14.5. The van der Waals surface area contributed by atoms with Crippen LogP contribution in [0.25, 0.3) is 0 Å². The molecular weight excluding hydrogens is 242 g/mol. The zero-order valence-electron chi connectivity index (χ0n) is 10.4. The molecule has 0 unspecified atom stereocenters. The molecule has 100 valence electrons. The van der Waals surface area contributed by atoms with E-state index < -0.39 is 12.4 Å². The fourth-order valence-corrected chi connectivity index (χ4v) is 1.74. The number of ether oxygens (including phenoxy) is 1. The van der Waals surface area contributed by atoms with Crippen LogP contribution in [0.5, 0.6) is 0 Å². The lowest BCUT2D eigenvalue weighted by Gasteiger charge is -2.13. The van der Waals surface area contributed by atoms with Crippen LogP contribution in [0.2, 0.25) is 0 Å². The zero-order chi connectivity index (χ0) is 13.7. The normalized spacial score (nSPS) is 10.8. The standard InChI is InChI=1S/C12H16F2N2O2/c1-3-18-10(17)5-9-11(12(13)14)8(6-15)4-7(2)16-9/h4,12H,3,5-6,15H2,1-2H3. The van der Waals surface area contributed by atoms with Crippen LogP contribution in [0.3, 0.4) is 0 Å². The largest absolute Gasteiger partial charge is 0.466 e. The molecule has 0 fully saturated rings. The van der Waals surface area contributed by atoms with Gasteiger partial charge in [-0.3, -0.25) is 9.78 Å². The second-order valence-corrected chi connectivity index (χ2v) is 3.77. The van der Waals surface area contributed by atoms with E-state index in [1.165, 1.54) is 6.07 Å². The van der Waals surface area contributed by atoms with Crippen molar-refractivity contribution in [2.75, 3.05) is 6.61 Å². The Morgan fingerprint density at radius 3 is 2.72 bits per heavy atom. The summed E-state index contributed by atoms with van der Waals surface area (Å²) in [6, 6.07) is 1.51. The molecule has 2 N–H and O–H groups in total. The van der Waals surface area contributed by atoms with E-state index in [0.29, 0.717) is 11.3 Å². The van der Waals surface area contributed by atoms with Crippen LogP contribution in [0.4, 0.5) is 8.78 Å². The van der Waals surface area contributed by atoms with Crippen molar-refractivity contribution >= 4 is 5.97 Å². The number of alkyl halides is 2. The van der Waals surface area contributed by atoms with Gasteiger partial charge in [-0.2, -0.15) is 0 Å². The van der Waals surface area contributed by atoms with Crippen molar-refractivity contribution in [2.24, 2.45) is 5.73 Å². The second kappa shape index (κ2) is 6.39. The van der Waals surface area contributed by atoms with E-state index in [4.69, 9.17) is 10.5 Å². The molecule has 1 aromatic rings. The Labute approximate surface area is 104 Å². The molecular formula is C12H16F2N2O2. The molecule has 0 aliphatic carbocycles. The minimum atomic E-state index is -2.71. The van der Waals surface area contributed by atoms with Crippen LogP contribution in [0, 0.1) is 6.92 Å². The van der Waals surface area contributed by atoms with Gasteiger partial charge in [-0.25, -0.2) is 8.78 Å². The molecule has 0 saturated heterocycles. The first-order valence-electron chi connectivity index (χ1n) is 5.62. The van der Waals surface area contributed by atoms with Crippen molar-refractivity contribution in [3.05, 3.63) is 28.6 Å². The third kappa shape index (κ3) is 3.46. The number of carbonyl (C=O) groups is 1. The molecule has 1 aromatic heterocycles. The summed E-state index contributed by atoms with van der Waals surface area (Å²) in [6.45, 7) is 3.52. The zero-order valence-corrected chi connectivity index (χ0v) is 10.4. The Bertz CT molecular complexity index is 436. The van der Waals surface area contributed by atoms with E-state index in [9.17, 15) is 13.6 Å². The van der Waals surface area contributed by atoms with Gasteiger partial charge in [-0.1, -0.05) is 0 Å². The number of nitrogens with two attached hydrogens (primary N) is 1. The Hall–Kier alpha value is -1.56. The number of esters is 1. The number of hydrogen-bond acceptors (Lipinski definition) is 4. The lowest BCUT2D eigenvalue weighted by molar-refractivity contribution is -0.142. The fourth-order valence-electron chi connectivity index (χ4n) is 1.74. The van der Waals surface area contributed by atoms with Gasteiger partial charge >= 0.3 is 5.97 Å². The predicted octanol–water partition coefficient (Wildman–Crippen LogP) is 1.89. The molecule has 0 radical (unpaired) electrons. The summed E-state index contributed by atoms with van der Waals surface area (Å²) < 4.78 is 30.7. The molecule has 18 heavy (non-hydrogen) atoms. The number of aromatic nitrogens is 1. The lowest BCUT2D eigenvalue weighted by atomic mass is 10.0. The van der Waals surface area contributed by atoms with Crippen molar-refractivity contribution in [1.29, 1.82) is 0 Å². The number of hydrogen-bond donors (Lipinski definition) is 1. The first-order chi connectivity index (χ1) is 8.49. The van der Waals surface area contributed by atoms with Crippen molar-refractivity contribution in [1.82, 2.24) is 4.98 Å². The smallest absolute Gasteiger partial charge is 0.311 e. The van der Waals surface area contributed by atoms with Gasteiger partial charge in [-0.15, -0.1) is 0 Å². The van der Waals surface area contributed by atoms with Crippen LogP contribution < -0.4 is 5.73 Å². The van der Waals surface area contributed by atoms with Crippen LogP contribution in [-0.4, -0.2) is 17.6 Å². The van der Waals surface area contributed by atoms with Crippen molar-refractivity contribution in [2.45, 2.75) is 33.2 Å². The summed E-state index contributed by atoms with van der Waals surface area (Å²) in [5.74, 6) is -0.569. The minimum absolute atomic E-state index is 0.0150. The van der Waals surface area contributed by atoms with Gasteiger partial charge in [0.2, 0.25) is 0 Å². The summed E-state index contributed by atoms with van der Waals surface area (Å²) in [6.07, 6.45) is -2.97. The van der Waals surface area contributed by atoms with E-state index in [1.807, 2.05) is 0 Å². The third-order valence-corrected chi connectivity index (χ3v) is 2.41. The molecule has 0 atom stereocenters. The Kier molecular flexibility index (Phi) is 5.15. The fraction of sp³-hybridized carbons (Fsp3) is 0.500.